The van der Waals surface area contributed by atoms with Gasteiger partial charge in [0.25, 0.3) is 0 Å². The molecule has 3 N–H and O–H groups in total. The summed E-state index contributed by atoms with van der Waals surface area (Å²) in [6.07, 6.45) is 8.05. The predicted octanol–water partition coefficient (Wildman–Crippen LogP) is 3.78. The molecule has 1 aromatic heterocycles. The van der Waals surface area contributed by atoms with Crippen LogP contribution in [0.2, 0.25) is 5.02 Å². The molecule has 7 heteroatoms. The number of aryl methyl sites for hydroxylation is 1. The molecule has 0 radical (unpaired) electrons. The molecule has 1 aromatic carbocycles. The van der Waals surface area contributed by atoms with Crippen molar-refractivity contribution < 1.29 is 4.79 Å². The summed E-state index contributed by atoms with van der Waals surface area (Å²) >= 11 is 6.45. The van der Waals surface area contributed by atoms with Crippen LogP contribution in [0.1, 0.15) is 50.8 Å². The number of nitrogens with zero attached hydrogens (tertiary/aromatic N) is 3. The Morgan fingerprint density at radius 1 is 1.22 bits per heavy atom. The van der Waals surface area contributed by atoms with Crippen molar-refractivity contribution in [1.82, 2.24) is 14.8 Å². The van der Waals surface area contributed by atoms with Gasteiger partial charge in [0.15, 0.2) is 5.82 Å². The maximum atomic E-state index is 12.4. The van der Waals surface area contributed by atoms with Crippen molar-refractivity contribution in [3.63, 3.8) is 0 Å². The standard InChI is InChI=1S/C20H26ClN5O/c21-16-9-8-14(23-19(27)11-13-5-4-6-17(13)22)12-15(16)20-25-24-18-7-2-1-3-10-26(18)20/h8-9,12-13,17H,1-7,10-11,22H2,(H,23,27)/t13-,17+/m0/s1. The monoisotopic (exact) mass is 387 g/mol. The molecule has 4 rings (SSSR count). The third kappa shape index (κ3) is 4.01. The number of fused-ring (bicyclic) bond motifs is 1. The summed E-state index contributed by atoms with van der Waals surface area (Å²) in [6, 6.07) is 5.68. The smallest absolute Gasteiger partial charge is 0.224 e. The van der Waals surface area contributed by atoms with Gasteiger partial charge in [0.05, 0.1) is 5.02 Å². The van der Waals surface area contributed by atoms with E-state index in [2.05, 4.69) is 20.1 Å². The first-order chi connectivity index (χ1) is 13.1. The first kappa shape index (κ1) is 18.4. The average molecular weight is 388 g/mol. The molecule has 6 nitrogen and oxygen atoms in total. The van der Waals surface area contributed by atoms with Crippen LogP contribution in [0.25, 0.3) is 11.4 Å². The molecule has 1 saturated carbocycles. The number of carbonyl (C=O) groups is 1. The largest absolute Gasteiger partial charge is 0.327 e. The maximum Gasteiger partial charge on any atom is 0.224 e. The number of nitrogens with two attached hydrogens (primary N) is 1. The lowest BCUT2D eigenvalue weighted by Gasteiger charge is -2.15. The van der Waals surface area contributed by atoms with E-state index in [-0.39, 0.29) is 17.9 Å². The SMILES string of the molecule is N[C@@H]1CCC[C@H]1CC(=O)Nc1ccc(Cl)c(-c2nnc3n2CCCCC3)c1. The summed E-state index contributed by atoms with van der Waals surface area (Å²) in [6.45, 7) is 0.907. The zero-order valence-electron chi connectivity index (χ0n) is 15.5. The minimum Gasteiger partial charge on any atom is -0.327 e. The van der Waals surface area contributed by atoms with Gasteiger partial charge in [-0.3, -0.25) is 4.79 Å². The Labute approximate surface area is 164 Å². The lowest BCUT2D eigenvalue weighted by molar-refractivity contribution is -0.117. The van der Waals surface area contributed by atoms with Crippen LogP contribution in [0, 0.1) is 5.92 Å². The Hall–Kier alpha value is -1.92. The molecule has 0 saturated heterocycles. The topological polar surface area (TPSA) is 85.8 Å². The lowest BCUT2D eigenvalue weighted by Crippen LogP contribution is -2.28. The van der Waals surface area contributed by atoms with Crippen molar-refractivity contribution in [2.45, 2.75) is 64.0 Å². The Balaban J connectivity index is 1.53. The Kier molecular flexibility index (Phi) is 5.45. The molecular weight excluding hydrogens is 362 g/mol. The van der Waals surface area contributed by atoms with Crippen molar-refractivity contribution in [3.05, 3.63) is 29.0 Å². The molecule has 144 valence electrons. The fourth-order valence-corrected chi connectivity index (χ4v) is 4.43. The average Bonchev–Trinajstić information content (AvgIpc) is 3.15. The van der Waals surface area contributed by atoms with Gasteiger partial charge < -0.3 is 15.6 Å². The summed E-state index contributed by atoms with van der Waals surface area (Å²) in [5.41, 5.74) is 7.64. The van der Waals surface area contributed by atoms with Crippen LogP contribution in [0.4, 0.5) is 5.69 Å². The number of hydrogen-bond donors (Lipinski definition) is 2. The van der Waals surface area contributed by atoms with Crippen molar-refractivity contribution in [2.75, 3.05) is 5.32 Å². The van der Waals surface area contributed by atoms with Gasteiger partial charge in [-0.05, 0) is 49.8 Å². The molecular formula is C20H26ClN5O. The summed E-state index contributed by atoms with van der Waals surface area (Å²) in [4.78, 5) is 12.4. The molecule has 2 aromatic rings. The number of hydrogen-bond acceptors (Lipinski definition) is 4. The van der Waals surface area contributed by atoms with Crippen molar-refractivity contribution in [3.8, 4) is 11.4 Å². The van der Waals surface area contributed by atoms with Gasteiger partial charge in [0.1, 0.15) is 5.82 Å². The number of rotatable bonds is 4. The van der Waals surface area contributed by atoms with E-state index in [9.17, 15) is 4.79 Å². The van der Waals surface area contributed by atoms with Crippen LogP contribution in [-0.4, -0.2) is 26.7 Å². The summed E-state index contributed by atoms with van der Waals surface area (Å²) in [5.74, 6) is 2.09. The van der Waals surface area contributed by atoms with E-state index in [0.717, 1.165) is 68.0 Å². The minimum atomic E-state index is 0.00527. The highest BCUT2D eigenvalue weighted by molar-refractivity contribution is 6.33. The summed E-state index contributed by atoms with van der Waals surface area (Å²) < 4.78 is 2.16. The highest BCUT2D eigenvalue weighted by atomic mass is 35.5. The number of aromatic nitrogens is 3. The normalized spacial score (nSPS) is 22.3. The number of nitrogens with one attached hydrogen (secondary N) is 1. The van der Waals surface area contributed by atoms with E-state index in [0.29, 0.717) is 11.4 Å². The van der Waals surface area contributed by atoms with Crippen LogP contribution in [-0.2, 0) is 17.8 Å². The van der Waals surface area contributed by atoms with E-state index < -0.39 is 0 Å². The van der Waals surface area contributed by atoms with E-state index in [1.165, 1.54) is 6.42 Å². The highest BCUT2D eigenvalue weighted by Gasteiger charge is 2.26. The quantitative estimate of drug-likeness (QED) is 0.835. The second-order valence-corrected chi connectivity index (χ2v) is 8.11. The predicted molar refractivity (Wildman–Crippen MR) is 107 cm³/mol. The molecule has 0 bridgehead atoms. The molecule has 2 aliphatic rings. The fraction of sp³-hybridized carbons (Fsp3) is 0.550. The zero-order valence-corrected chi connectivity index (χ0v) is 16.2. The zero-order chi connectivity index (χ0) is 18.8. The van der Waals surface area contributed by atoms with Gasteiger partial charge in [-0.15, -0.1) is 10.2 Å². The van der Waals surface area contributed by atoms with Crippen molar-refractivity contribution >= 4 is 23.2 Å². The van der Waals surface area contributed by atoms with Crippen molar-refractivity contribution in [2.24, 2.45) is 11.7 Å². The molecule has 1 fully saturated rings. The number of benzene rings is 1. The Morgan fingerprint density at radius 2 is 2.11 bits per heavy atom. The first-order valence-corrected chi connectivity index (χ1v) is 10.3. The lowest BCUT2D eigenvalue weighted by atomic mass is 10.00. The van der Waals surface area contributed by atoms with Gasteiger partial charge in [-0.25, -0.2) is 0 Å². The second-order valence-electron chi connectivity index (χ2n) is 7.70. The highest BCUT2D eigenvalue weighted by Crippen LogP contribution is 2.32. The van der Waals surface area contributed by atoms with E-state index in [1.54, 1.807) is 0 Å². The van der Waals surface area contributed by atoms with Crippen LogP contribution in [0.15, 0.2) is 18.2 Å². The van der Waals surface area contributed by atoms with Gasteiger partial charge in [-0.2, -0.15) is 0 Å². The van der Waals surface area contributed by atoms with Gasteiger partial charge in [0.2, 0.25) is 5.91 Å². The summed E-state index contributed by atoms with van der Waals surface area (Å²) in [5, 5.41) is 12.4. The van der Waals surface area contributed by atoms with Gasteiger partial charge in [-0.1, -0.05) is 24.4 Å². The van der Waals surface area contributed by atoms with Crippen LogP contribution in [0.5, 0.6) is 0 Å². The second kappa shape index (κ2) is 7.98. The van der Waals surface area contributed by atoms with Crippen LogP contribution in [0.3, 0.4) is 0 Å². The van der Waals surface area contributed by atoms with Crippen LogP contribution >= 0.6 is 11.6 Å². The molecule has 0 unspecified atom stereocenters. The fourth-order valence-electron chi connectivity index (χ4n) is 4.23. The Morgan fingerprint density at radius 3 is 2.93 bits per heavy atom. The number of carbonyl (C=O) groups excluding carboxylic acids is 1. The van der Waals surface area contributed by atoms with E-state index in [4.69, 9.17) is 17.3 Å². The molecule has 1 aliphatic carbocycles. The third-order valence-electron chi connectivity index (χ3n) is 5.77. The molecule has 0 spiro atoms. The number of anilines is 1. The molecule has 2 atom stereocenters. The number of amides is 1. The number of halogens is 1. The first-order valence-electron chi connectivity index (χ1n) is 9.89. The Bertz CT molecular complexity index is 834. The molecule has 1 amide bonds. The summed E-state index contributed by atoms with van der Waals surface area (Å²) in [7, 11) is 0. The minimum absolute atomic E-state index is 0.00527. The maximum absolute atomic E-state index is 12.4. The van der Waals surface area contributed by atoms with Gasteiger partial charge in [0, 0.05) is 36.7 Å². The molecule has 2 heterocycles. The van der Waals surface area contributed by atoms with Crippen LogP contribution < -0.4 is 11.1 Å². The van der Waals surface area contributed by atoms with Gasteiger partial charge >= 0.3 is 0 Å². The van der Waals surface area contributed by atoms with Crippen molar-refractivity contribution in [1.29, 1.82) is 0 Å². The van der Waals surface area contributed by atoms with E-state index >= 15 is 0 Å². The van der Waals surface area contributed by atoms with E-state index in [1.807, 2.05) is 18.2 Å². The molecule has 1 aliphatic heterocycles. The third-order valence-corrected chi connectivity index (χ3v) is 6.10. The molecule has 27 heavy (non-hydrogen) atoms.